The molecule has 0 aliphatic carbocycles. The van der Waals surface area contributed by atoms with Crippen molar-refractivity contribution in [2.45, 2.75) is 17.8 Å². The molecule has 0 aliphatic rings. The first-order chi connectivity index (χ1) is 11.2. The van der Waals surface area contributed by atoms with E-state index in [0.29, 0.717) is 0 Å². The van der Waals surface area contributed by atoms with Crippen LogP contribution in [0, 0.1) is 6.92 Å². The average Bonchev–Trinajstić information content (AvgIpc) is 3.23. The van der Waals surface area contributed by atoms with Crippen molar-refractivity contribution in [3.05, 3.63) is 54.4 Å². The van der Waals surface area contributed by atoms with Crippen LogP contribution in [0.25, 0.3) is 17.0 Å². The minimum atomic E-state index is 0.748. The molecule has 0 fully saturated rings. The normalized spacial score (nSPS) is 11.4. The second-order valence-corrected chi connectivity index (χ2v) is 6.19. The lowest BCUT2D eigenvalue weighted by molar-refractivity contribution is 0.534. The van der Waals surface area contributed by atoms with Crippen LogP contribution in [0.4, 0.5) is 0 Å². The Balaban J connectivity index is 1.55. The Morgan fingerprint density at radius 2 is 2.13 bits per heavy atom. The van der Waals surface area contributed by atoms with Crippen LogP contribution in [-0.2, 0) is 12.8 Å². The number of imidazole rings is 1. The molecular formula is C16H15N5OS. The fourth-order valence-corrected chi connectivity index (χ4v) is 3.28. The molecule has 0 bridgehead atoms. The van der Waals surface area contributed by atoms with Crippen molar-refractivity contribution >= 4 is 17.4 Å². The Hall–Kier alpha value is -2.54. The number of pyridine rings is 1. The second kappa shape index (κ2) is 5.58. The van der Waals surface area contributed by atoms with E-state index in [9.17, 15) is 0 Å². The van der Waals surface area contributed by atoms with E-state index in [-0.39, 0.29) is 0 Å². The molecule has 23 heavy (non-hydrogen) atoms. The highest BCUT2D eigenvalue weighted by Gasteiger charge is 2.15. The van der Waals surface area contributed by atoms with Crippen molar-refractivity contribution in [1.29, 1.82) is 0 Å². The number of aromatic nitrogens is 5. The molecule has 0 N–H and O–H groups in total. The molecule has 0 amide bonds. The van der Waals surface area contributed by atoms with E-state index >= 15 is 0 Å². The quantitative estimate of drug-likeness (QED) is 0.539. The van der Waals surface area contributed by atoms with Crippen LogP contribution in [-0.4, -0.2) is 24.1 Å². The summed E-state index contributed by atoms with van der Waals surface area (Å²) in [6.07, 6.45) is 5.71. The number of nitrogens with zero attached hydrogens (tertiary/aromatic N) is 5. The zero-order valence-corrected chi connectivity index (χ0v) is 13.6. The molecule has 0 aromatic carbocycles. The zero-order valence-electron chi connectivity index (χ0n) is 12.8. The molecular weight excluding hydrogens is 310 g/mol. The summed E-state index contributed by atoms with van der Waals surface area (Å²) >= 11 is 1.62. The fraction of sp³-hybridized carbons (Fsp3) is 0.188. The smallest absolute Gasteiger partial charge is 0.191 e. The minimum absolute atomic E-state index is 0.748. The average molecular weight is 325 g/mol. The van der Waals surface area contributed by atoms with Gasteiger partial charge in [-0.25, -0.2) is 4.98 Å². The summed E-state index contributed by atoms with van der Waals surface area (Å²) in [4.78, 5) is 4.60. The Kier molecular flexibility index (Phi) is 3.42. The van der Waals surface area contributed by atoms with Crippen molar-refractivity contribution in [2.75, 3.05) is 0 Å². The van der Waals surface area contributed by atoms with E-state index in [4.69, 9.17) is 4.42 Å². The SMILES string of the molecule is Cc1occc1-c1nnc(SCc2cn3ccccc3n2)n1C. The molecule has 0 radical (unpaired) electrons. The molecule has 116 valence electrons. The van der Waals surface area contributed by atoms with Gasteiger partial charge in [-0.3, -0.25) is 0 Å². The molecule has 4 heterocycles. The van der Waals surface area contributed by atoms with E-state index in [1.165, 1.54) is 0 Å². The number of rotatable bonds is 4. The third-order valence-corrected chi connectivity index (χ3v) is 4.75. The predicted octanol–water partition coefficient (Wildman–Crippen LogP) is 3.32. The minimum Gasteiger partial charge on any atom is -0.469 e. The first kappa shape index (κ1) is 14.1. The van der Waals surface area contributed by atoms with E-state index in [0.717, 1.165) is 39.4 Å². The lowest BCUT2D eigenvalue weighted by atomic mass is 10.2. The van der Waals surface area contributed by atoms with E-state index < -0.39 is 0 Å². The molecule has 0 saturated heterocycles. The number of hydrogen-bond acceptors (Lipinski definition) is 5. The van der Waals surface area contributed by atoms with Crippen LogP contribution in [0.3, 0.4) is 0 Å². The maximum absolute atomic E-state index is 5.35. The van der Waals surface area contributed by atoms with Gasteiger partial charge in [0.1, 0.15) is 11.4 Å². The van der Waals surface area contributed by atoms with Gasteiger partial charge in [-0.15, -0.1) is 10.2 Å². The Bertz CT molecular complexity index is 935. The molecule has 4 aromatic rings. The van der Waals surface area contributed by atoms with Crippen molar-refractivity contribution in [3.63, 3.8) is 0 Å². The van der Waals surface area contributed by atoms with Crippen molar-refractivity contribution in [1.82, 2.24) is 24.1 Å². The van der Waals surface area contributed by atoms with Gasteiger partial charge >= 0.3 is 0 Å². The van der Waals surface area contributed by atoms with Gasteiger partial charge in [-0.2, -0.15) is 0 Å². The van der Waals surface area contributed by atoms with E-state index in [2.05, 4.69) is 15.2 Å². The fourth-order valence-electron chi connectivity index (χ4n) is 2.49. The number of hydrogen-bond donors (Lipinski definition) is 0. The van der Waals surface area contributed by atoms with Gasteiger partial charge < -0.3 is 13.4 Å². The van der Waals surface area contributed by atoms with Crippen LogP contribution in [0.1, 0.15) is 11.5 Å². The summed E-state index contributed by atoms with van der Waals surface area (Å²) in [6, 6.07) is 7.89. The van der Waals surface area contributed by atoms with Gasteiger partial charge in [0, 0.05) is 25.2 Å². The summed E-state index contributed by atoms with van der Waals surface area (Å²) in [5.74, 6) is 2.41. The van der Waals surface area contributed by atoms with Gasteiger partial charge in [0.25, 0.3) is 0 Å². The standard InChI is InChI=1S/C16H15N5OS/c1-11-13(6-8-22-11)15-18-19-16(20(15)2)23-10-12-9-21-7-4-3-5-14(21)17-12/h3-9H,10H2,1-2H3. The number of fused-ring (bicyclic) bond motifs is 1. The number of furan rings is 1. The molecule has 0 aliphatic heterocycles. The molecule has 6 nitrogen and oxygen atoms in total. The van der Waals surface area contributed by atoms with Crippen LogP contribution in [0.2, 0.25) is 0 Å². The maximum Gasteiger partial charge on any atom is 0.191 e. The first-order valence-corrected chi connectivity index (χ1v) is 8.20. The Morgan fingerprint density at radius 1 is 1.22 bits per heavy atom. The summed E-state index contributed by atoms with van der Waals surface area (Å²) < 4.78 is 9.35. The van der Waals surface area contributed by atoms with E-state index in [1.54, 1.807) is 18.0 Å². The molecule has 0 atom stereocenters. The lowest BCUT2D eigenvalue weighted by Gasteiger charge is -2.02. The van der Waals surface area contributed by atoms with Crippen molar-refractivity contribution in [2.24, 2.45) is 7.05 Å². The van der Waals surface area contributed by atoms with Gasteiger partial charge in [0.2, 0.25) is 0 Å². The lowest BCUT2D eigenvalue weighted by Crippen LogP contribution is -1.95. The molecule has 4 aromatic heterocycles. The van der Waals surface area contributed by atoms with Crippen LogP contribution in [0.15, 0.2) is 52.5 Å². The van der Waals surface area contributed by atoms with Crippen molar-refractivity contribution < 1.29 is 4.42 Å². The molecule has 0 saturated carbocycles. The molecule has 7 heteroatoms. The van der Waals surface area contributed by atoms with Gasteiger partial charge in [-0.1, -0.05) is 17.8 Å². The molecule has 0 spiro atoms. The highest BCUT2D eigenvalue weighted by molar-refractivity contribution is 7.98. The zero-order chi connectivity index (χ0) is 15.8. The summed E-state index contributed by atoms with van der Waals surface area (Å²) in [5.41, 5.74) is 2.94. The number of aryl methyl sites for hydroxylation is 1. The maximum atomic E-state index is 5.35. The second-order valence-electron chi connectivity index (χ2n) is 5.24. The van der Waals surface area contributed by atoms with Crippen LogP contribution >= 0.6 is 11.8 Å². The Morgan fingerprint density at radius 3 is 2.91 bits per heavy atom. The Labute approximate surface area is 137 Å². The van der Waals surface area contributed by atoms with Crippen molar-refractivity contribution in [3.8, 4) is 11.4 Å². The highest BCUT2D eigenvalue weighted by Crippen LogP contribution is 2.27. The molecule has 0 unspecified atom stereocenters. The van der Waals surface area contributed by atoms with Gasteiger partial charge in [0.15, 0.2) is 11.0 Å². The monoisotopic (exact) mass is 325 g/mol. The largest absolute Gasteiger partial charge is 0.469 e. The molecule has 4 rings (SSSR count). The highest BCUT2D eigenvalue weighted by atomic mass is 32.2. The third kappa shape index (κ3) is 2.53. The third-order valence-electron chi connectivity index (χ3n) is 3.70. The van der Waals surface area contributed by atoms with Gasteiger partial charge in [0.05, 0.1) is 17.5 Å². The summed E-state index contributed by atoms with van der Waals surface area (Å²) in [7, 11) is 1.97. The van der Waals surface area contributed by atoms with Crippen LogP contribution in [0.5, 0.6) is 0 Å². The van der Waals surface area contributed by atoms with Gasteiger partial charge in [-0.05, 0) is 25.1 Å². The predicted molar refractivity (Wildman–Crippen MR) is 88.2 cm³/mol. The topological polar surface area (TPSA) is 61.1 Å². The first-order valence-electron chi connectivity index (χ1n) is 7.21. The summed E-state index contributed by atoms with van der Waals surface area (Å²) in [5, 5.41) is 9.42. The van der Waals surface area contributed by atoms with Crippen LogP contribution < -0.4 is 0 Å². The number of thioether (sulfide) groups is 1. The summed E-state index contributed by atoms with van der Waals surface area (Å²) in [6.45, 7) is 1.92. The van der Waals surface area contributed by atoms with E-state index in [1.807, 2.05) is 59.6 Å².